The summed E-state index contributed by atoms with van der Waals surface area (Å²) in [7, 11) is -2.18. The minimum Gasteiger partial charge on any atom is -0.384 e. The zero-order valence-corrected chi connectivity index (χ0v) is 13.4. The summed E-state index contributed by atoms with van der Waals surface area (Å²) in [5, 5.41) is 0. The van der Waals surface area contributed by atoms with Gasteiger partial charge in [-0.1, -0.05) is 6.07 Å². The summed E-state index contributed by atoms with van der Waals surface area (Å²) in [6.45, 7) is 2.74. The fraction of sp³-hybridized carbons (Fsp3) is 0.600. The van der Waals surface area contributed by atoms with Crippen LogP contribution >= 0.6 is 0 Å². The predicted octanol–water partition coefficient (Wildman–Crippen LogP) is 1.46. The molecule has 1 heterocycles. The molecule has 5 nitrogen and oxygen atoms in total. The molecule has 7 heteroatoms. The lowest BCUT2D eigenvalue weighted by atomic mass is 9.68. The molecule has 0 aromatic heterocycles. The maximum Gasteiger partial charge on any atom is 0.241 e. The molecule has 122 valence electrons. The van der Waals surface area contributed by atoms with Gasteiger partial charge in [-0.2, -0.15) is 0 Å². The summed E-state index contributed by atoms with van der Waals surface area (Å²) in [6, 6.07) is 3.56. The largest absolute Gasteiger partial charge is 0.384 e. The van der Waals surface area contributed by atoms with E-state index in [1.165, 1.54) is 12.1 Å². The van der Waals surface area contributed by atoms with Crippen LogP contribution in [0.15, 0.2) is 23.1 Å². The highest BCUT2D eigenvalue weighted by molar-refractivity contribution is 7.89. The van der Waals surface area contributed by atoms with Gasteiger partial charge in [0.2, 0.25) is 10.0 Å². The molecule has 1 saturated heterocycles. The fourth-order valence-corrected chi connectivity index (χ4v) is 5.10. The summed E-state index contributed by atoms with van der Waals surface area (Å²) in [6.07, 6.45) is 0.890. The molecule has 0 unspecified atom stereocenters. The van der Waals surface area contributed by atoms with E-state index in [0.29, 0.717) is 18.8 Å². The normalized spacial score (nSPS) is 30.9. The quantitative estimate of drug-likeness (QED) is 0.888. The van der Waals surface area contributed by atoms with Crippen molar-refractivity contribution in [2.45, 2.75) is 30.4 Å². The molecule has 22 heavy (non-hydrogen) atoms. The average molecular weight is 329 g/mol. The second-order valence-electron chi connectivity index (χ2n) is 5.96. The van der Waals surface area contributed by atoms with Crippen LogP contribution < -0.4 is 4.72 Å². The van der Waals surface area contributed by atoms with E-state index in [1.54, 1.807) is 14.0 Å². The van der Waals surface area contributed by atoms with Crippen molar-refractivity contribution in [3.8, 4) is 0 Å². The molecule has 1 aromatic carbocycles. The molecule has 0 radical (unpaired) electrons. The molecular formula is C15H20FNO4S. The molecular weight excluding hydrogens is 309 g/mol. The summed E-state index contributed by atoms with van der Waals surface area (Å²) < 4.78 is 52.1. The number of sulfonamides is 1. The number of halogens is 1. The van der Waals surface area contributed by atoms with E-state index in [-0.39, 0.29) is 28.9 Å². The number of nitrogens with one attached hydrogen (secondary N) is 1. The Labute approximate surface area is 129 Å². The van der Waals surface area contributed by atoms with Crippen molar-refractivity contribution < 1.29 is 22.3 Å². The van der Waals surface area contributed by atoms with Gasteiger partial charge in [-0.15, -0.1) is 0 Å². The van der Waals surface area contributed by atoms with Crippen molar-refractivity contribution in [3.05, 3.63) is 29.6 Å². The van der Waals surface area contributed by atoms with E-state index in [9.17, 15) is 12.8 Å². The Balaban J connectivity index is 1.83. The highest BCUT2D eigenvalue weighted by Gasteiger charge is 2.55. The maximum absolute atomic E-state index is 13.4. The highest BCUT2D eigenvalue weighted by Crippen LogP contribution is 2.44. The van der Waals surface area contributed by atoms with Crippen LogP contribution in [-0.4, -0.2) is 40.9 Å². The van der Waals surface area contributed by atoms with Crippen molar-refractivity contribution in [1.82, 2.24) is 4.72 Å². The van der Waals surface area contributed by atoms with Crippen LogP contribution in [0.3, 0.4) is 0 Å². The number of benzene rings is 1. The van der Waals surface area contributed by atoms with Crippen molar-refractivity contribution in [3.63, 3.8) is 0 Å². The fourth-order valence-electron chi connectivity index (χ4n) is 3.50. The molecule has 0 amide bonds. The highest BCUT2D eigenvalue weighted by atomic mass is 32.2. The maximum atomic E-state index is 13.4. The third kappa shape index (κ3) is 2.67. The Hall–Kier alpha value is -1.02. The van der Waals surface area contributed by atoms with Crippen LogP contribution in [0.25, 0.3) is 0 Å². The van der Waals surface area contributed by atoms with E-state index in [2.05, 4.69) is 4.72 Å². The van der Waals surface area contributed by atoms with Gasteiger partial charge in [-0.25, -0.2) is 17.5 Å². The van der Waals surface area contributed by atoms with Crippen LogP contribution in [0.1, 0.15) is 12.0 Å². The molecule has 1 aliphatic carbocycles. The number of rotatable bonds is 5. The number of hydrogen-bond acceptors (Lipinski definition) is 4. The van der Waals surface area contributed by atoms with Crippen molar-refractivity contribution in [2.75, 3.05) is 20.3 Å². The number of hydrogen-bond donors (Lipinski definition) is 1. The standard InChI is InChI=1S/C15H20FNO4S/c1-9-3-4-10(16)7-13(9)22(18,19)17-14-11-5-6-21-15(11)12(14)8-20-2/h3-4,7,11-12,14-15,17H,5-6,8H2,1-2H3/t11-,12-,14-,15-/m1/s1. The summed E-state index contributed by atoms with van der Waals surface area (Å²) in [5.41, 5.74) is 0.524. The Morgan fingerprint density at radius 3 is 2.95 bits per heavy atom. The minimum absolute atomic E-state index is 0.00106. The van der Waals surface area contributed by atoms with Crippen molar-refractivity contribution in [1.29, 1.82) is 0 Å². The van der Waals surface area contributed by atoms with E-state index in [1.807, 2.05) is 0 Å². The van der Waals surface area contributed by atoms with Gasteiger partial charge >= 0.3 is 0 Å². The van der Waals surface area contributed by atoms with Crippen LogP contribution in [0.5, 0.6) is 0 Å². The lowest BCUT2D eigenvalue weighted by Crippen LogP contribution is -2.62. The first-order valence-corrected chi connectivity index (χ1v) is 8.81. The monoisotopic (exact) mass is 329 g/mol. The molecule has 2 aliphatic rings. The van der Waals surface area contributed by atoms with Crippen molar-refractivity contribution in [2.24, 2.45) is 11.8 Å². The van der Waals surface area contributed by atoms with Crippen LogP contribution in [-0.2, 0) is 19.5 Å². The Morgan fingerprint density at radius 2 is 2.23 bits per heavy atom. The first kappa shape index (κ1) is 15.9. The van der Waals surface area contributed by atoms with Crippen molar-refractivity contribution >= 4 is 10.0 Å². The predicted molar refractivity (Wildman–Crippen MR) is 78.5 cm³/mol. The Morgan fingerprint density at radius 1 is 1.45 bits per heavy atom. The Kier molecular flexibility index (Phi) is 4.24. The number of aryl methyl sites for hydroxylation is 1. The third-order valence-corrected chi connectivity index (χ3v) is 6.22. The number of fused-ring (bicyclic) bond motifs is 1. The molecule has 1 aromatic rings. The summed E-state index contributed by atoms with van der Waals surface area (Å²) in [4.78, 5) is -0.00830. The van der Waals surface area contributed by atoms with Gasteiger partial charge in [-0.05, 0) is 31.0 Å². The van der Waals surface area contributed by atoms with Gasteiger partial charge in [0, 0.05) is 31.6 Å². The van der Waals surface area contributed by atoms with Crippen LogP contribution in [0.4, 0.5) is 4.39 Å². The smallest absolute Gasteiger partial charge is 0.241 e. The first-order chi connectivity index (χ1) is 10.4. The second-order valence-corrected chi connectivity index (χ2v) is 7.65. The molecule has 1 aliphatic heterocycles. The number of methoxy groups -OCH3 is 1. The Bertz CT molecular complexity index is 664. The van der Waals surface area contributed by atoms with Gasteiger partial charge in [0.15, 0.2) is 0 Å². The minimum atomic E-state index is -3.76. The van der Waals surface area contributed by atoms with Crippen LogP contribution in [0.2, 0.25) is 0 Å². The molecule has 3 rings (SSSR count). The first-order valence-electron chi connectivity index (χ1n) is 7.33. The topological polar surface area (TPSA) is 64.6 Å². The zero-order chi connectivity index (χ0) is 15.9. The third-order valence-electron chi connectivity index (χ3n) is 4.62. The lowest BCUT2D eigenvalue weighted by Gasteiger charge is -2.47. The molecule has 0 spiro atoms. The van der Waals surface area contributed by atoms with E-state index >= 15 is 0 Å². The molecule has 2 fully saturated rings. The van der Waals surface area contributed by atoms with E-state index in [0.717, 1.165) is 12.5 Å². The summed E-state index contributed by atoms with van der Waals surface area (Å²) in [5.74, 6) is -0.389. The van der Waals surface area contributed by atoms with Crippen LogP contribution in [0, 0.1) is 24.6 Å². The van der Waals surface area contributed by atoms with Gasteiger partial charge in [0.1, 0.15) is 5.82 Å². The van der Waals surface area contributed by atoms with E-state index in [4.69, 9.17) is 9.47 Å². The molecule has 4 atom stereocenters. The van der Waals surface area contributed by atoms with Gasteiger partial charge in [-0.3, -0.25) is 0 Å². The lowest BCUT2D eigenvalue weighted by molar-refractivity contribution is -0.0775. The van der Waals surface area contributed by atoms with Gasteiger partial charge < -0.3 is 9.47 Å². The zero-order valence-electron chi connectivity index (χ0n) is 12.6. The van der Waals surface area contributed by atoms with Gasteiger partial charge in [0.05, 0.1) is 17.6 Å². The SMILES string of the molecule is COC[C@@H]1[C@H](NS(=O)(=O)c2cc(F)ccc2C)[C@H]2CCO[C@H]21. The second kappa shape index (κ2) is 5.88. The van der Waals surface area contributed by atoms with Gasteiger partial charge in [0.25, 0.3) is 0 Å². The average Bonchev–Trinajstić information content (AvgIpc) is 2.89. The van der Waals surface area contributed by atoms with E-state index < -0.39 is 15.8 Å². The molecule has 1 N–H and O–H groups in total. The molecule has 0 bridgehead atoms. The number of ether oxygens (including phenoxy) is 2. The summed E-state index contributed by atoms with van der Waals surface area (Å²) >= 11 is 0. The molecule has 1 saturated carbocycles.